The summed E-state index contributed by atoms with van der Waals surface area (Å²) >= 11 is 15.4. The van der Waals surface area contributed by atoms with Crippen LogP contribution >= 0.6 is 39.1 Å². The van der Waals surface area contributed by atoms with Crippen molar-refractivity contribution in [3.05, 3.63) is 33.8 Å². The number of benzene rings is 1. The predicted octanol–water partition coefficient (Wildman–Crippen LogP) is 4.29. The molecule has 0 aromatic heterocycles. The fraction of sp³-hybridized carbons (Fsp3) is 0.462. The van der Waals surface area contributed by atoms with Crippen molar-refractivity contribution in [2.75, 3.05) is 5.33 Å². The van der Waals surface area contributed by atoms with Crippen LogP contribution in [0.3, 0.4) is 0 Å². The fourth-order valence-electron chi connectivity index (χ4n) is 2.34. The van der Waals surface area contributed by atoms with Crippen LogP contribution in [0, 0.1) is 5.92 Å². The van der Waals surface area contributed by atoms with Gasteiger partial charge in [0.25, 0.3) is 5.91 Å². The maximum absolute atomic E-state index is 12.2. The van der Waals surface area contributed by atoms with Gasteiger partial charge >= 0.3 is 0 Å². The van der Waals surface area contributed by atoms with Gasteiger partial charge in [-0.25, -0.2) is 0 Å². The lowest BCUT2D eigenvalue weighted by Gasteiger charge is -2.19. The summed E-state index contributed by atoms with van der Waals surface area (Å²) in [5, 5.41) is 4.70. The Morgan fingerprint density at radius 1 is 1.39 bits per heavy atom. The predicted molar refractivity (Wildman–Crippen MR) is 78.9 cm³/mol. The molecule has 2 atom stereocenters. The first kappa shape index (κ1) is 14.2. The highest BCUT2D eigenvalue weighted by Crippen LogP contribution is 2.29. The minimum absolute atomic E-state index is 0.139. The minimum Gasteiger partial charge on any atom is -0.349 e. The van der Waals surface area contributed by atoms with E-state index < -0.39 is 0 Å². The van der Waals surface area contributed by atoms with Crippen molar-refractivity contribution in [1.29, 1.82) is 0 Å². The number of rotatable bonds is 3. The first-order chi connectivity index (χ1) is 8.63. The summed E-state index contributed by atoms with van der Waals surface area (Å²) in [6.07, 6.45) is 3.34. The number of amides is 1. The van der Waals surface area contributed by atoms with E-state index in [2.05, 4.69) is 21.2 Å². The summed E-state index contributed by atoms with van der Waals surface area (Å²) in [6, 6.07) is 5.34. The molecule has 98 valence electrons. The highest BCUT2D eigenvalue weighted by atomic mass is 79.9. The average molecular weight is 351 g/mol. The van der Waals surface area contributed by atoms with E-state index in [-0.39, 0.29) is 11.9 Å². The van der Waals surface area contributed by atoms with Gasteiger partial charge in [0, 0.05) is 11.4 Å². The van der Waals surface area contributed by atoms with Gasteiger partial charge in [-0.3, -0.25) is 4.79 Å². The fourth-order valence-corrected chi connectivity index (χ4v) is 3.50. The zero-order valence-electron chi connectivity index (χ0n) is 9.76. The molecule has 1 aromatic carbocycles. The van der Waals surface area contributed by atoms with E-state index in [1.165, 1.54) is 0 Å². The van der Waals surface area contributed by atoms with Crippen molar-refractivity contribution in [2.24, 2.45) is 5.92 Å². The maximum atomic E-state index is 12.2. The lowest BCUT2D eigenvalue weighted by Crippen LogP contribution is -2.38. The molecule has 0 saturated heterocycles. The molecule has 0 bridgehead atoms. The van der Waals surface area contributed by atoms with Crippen LogP contribution in [0.1, 0.15) is 29.6 Å². The average Bonchev–Trinajstić information content (AvgIpc) is 2.79. The Labute approximate surface area is 125 Å². The molecule has 2 rings (SSSR count). The maximum Gasteiger partial charge on any atom is 0.253 e. The highest BCUT2D eigenvalue weighted by molar-refractivity contribution is 9.09. The van der Waals surface area contributed by atoms with Gasteiger partial charge in [0.1, 0.15) is 0 Å². The molecule has 1 aromatic rings. The van der Waals surface area contributed by atoms with Gasteiger partial charge in [-0.2, -0.15) is 0 Å². The molecule has 1 saturated carbocycles. The Morgan fingerprint density at radius 2 is 2.17 bits per heavy atom. The number of hydrogen-bond donors (Lipinski definition) is 1. The molecule has 2 nitrogen and oxygen atoms in total. The number of alkyl halides is 1. The van der Waals surface area contributed by atoms with Crippen LogP contribution in [0.5, 0.6) is 0 Å². The number of carbonyl (C=O) groups is 1. The number of hydrogen-bond acceptors (Lipinski definition) is 1. The number of nitrogens with one attached hydrogen (secondary N) is 1. The van der Waals surface area contributed by atoms with E-state index in [9.17, 15) is 4.79 Å². The molecule has 0 spiro atoms. The number of carbonyl (C=O) groups excluding carboxylic acids is 1. The summed E-state index contributed by atoms with van der Waals surface area (Å²) in [4.78, 5) is 12.2. The lowest BCUT2D eigenvalue weighted by atomic mass is 10.1. The van der Waals surface area contributed by atoms with Gasteiger partial charge in [-0.05, 0) is 30.9 Å². The highest BCUT2D eigenvalue weighted by Gasteiger charge is 2.28. The third kappa shape index (κ3) is 3.01. The summed E-state index contributed by atoms with van der Waals surface area (Å²) in [7, 11) is 0. The van der Waals surface area contributed by atoms with Gasteiger partial charge in [0.05, 0.1) is 15.6 Å². The second-order valence-electron chi connectivity index (χ2n) is 4.53. The van der Waals surface area contributed by atoms with Gasteiger partial charge < -0.3 is 5.32 Å². The molecule has 1 aliphatic rings. The summed E-state index contributed by atoms with van der Waals surface area (Å²) < 4.78 is 0. The van der Waals surface area contributed by atoms with Crippen molar-refractivity contribution < 1.29 is 4.79 Å². The molecule has 1 N–H and O–H groups in total. The van der Waals surface area contributed by atoms with E-state index in [4.69, 9.17) is 23.2 Å². The van der Waals surface area contributed by atoms with Crippen molar-refractivity contribution in [3.63, 3.8) is 0 Å². The molecule has 1 fully saturated rings. The smallest absolute Gasteiger partial charge is 0.253 e. The topological polar surface area (TPSA) is 29.1 Å². The van der Waals surface area contributed by atoms with Crippen molar-refractivity contribution in [3.8, 4) is 0 Å². The molecule has 1 amide bonds. The van der Waals surface area contributed by atoms with Crippen LogP contribution < -0.4 is 5.32 Å². The summed E-state index contributed by atoms with van der Waals surface area (Å²) in [6.45, 7) is 0. The summed E-state index contributed by atoms with van der Waals surface area (Å²) in [5.74, 6) is 0.368. The molecular formula is C13H14BrCl2NO. The van der Waals surface area contributed by atoms with Crippen molar-refractivity contribution in [2.45, 2.75) is 25.3 Å². The van der Waals surface area contributed by atoms with Crippen LogP contribution in [0.4, 0.5) is 0 Å². The van der Waals surface area contributed by atoms with Crippen LogP contribution in [0.2, 0.25) is 10.0 Å². The molecule has 2 unspecified atom stereocenters. The van der Waals surface area contributed by atoms with Crippen molar-refractivity contribution >= 4 is 45.0 Å². The summed E-state index contributed by atoms with van der Waals surface area (Å²) in [5.41, 5.74) is 0.449. The lowest BCUT2D eigenvalue weighted by molar-refractivity contribution is 0.0930. The molecular weight excluding hydrogens is 337 g/mol. The van der Waals surface area contributed by atoms with E-state index in [1.807, 2.05) is 0 Å². The van der Waals surface area contributed by atoms with E-state index in [0.29, 0.717) is 21.5 Å². The van der Waals surface area contributed by atoms with Gasteiger partial charge in [0.15, 0.2) is 0 Å². The molecule has 5 heteroatoms. The van der Waals surface area contributed by atoms with E-state index in [0.717, 1.165) is 24.6 Å². The van der Waals surface area contributed by atoms with Gasteiger partial charge in [-0.15, -0.1) is 0 Å². The largest absolute Gasteiger partial charge is 0.349 e. The van der Waals surface area contributed by atoms with Crippen LogP contribution in [-0.2, 0) is 0 Å². The third-order valence-corrected chi connectivity index (χ3v) is 5.02. The zero-order chi connectivity index (χ0) is 13.1. The van der Waals surface area contributed by atoms with E-state index in [1.54, 1.807) is 18.2 Å². The van der Waals surface area contributed by atoms with Crippen molar-refractivity contribution in [1.82, 2.24) is 5.32 Å². The second-order valence-corrected chi connectivity index (χ2v) is 5.96. The first-order valence-electron chi connectivity index (χ1n) is 5.94. The molecule has 1 aliphatic carbocycles. The minimum atomic E-state index is -0.139. The Bertz CT molecular complexity index is 453. The van der Waals surface area contributed by atoms with Crippen LogP contribution in [0.25, 0.3) is 0 Å². The molecule has 18 heavy (non-hydrogen) atoms. The zero-order valence-corrected chi connectivity index (χ0v) is 12.9. The monoisotopic (exact) mass is 349 g/mol. The Morgan fingerprint density at radius 3 is 2.89 bits per heavy atom. The quantitative estimate of drug-likeness (QED) is 0.809. The molecule has 0 heterocycles. The second kappa shape index (κ2) is 6.27. The van der Waals surface area contributed by atoms with E-state index >= 15 is 0 Å². The Kier molecular flexibility index (Phi) is 4.93. The number of halogens is 3. The van der Waals surface area contributed by atoms with Crippen LogP contribution in [0.15, 0.2) is 18.2 Å². The SMILES string of the molecule is O=C(NC1CCCC1CBr)c1cccc(Cl)c1Cl. The van der Waals surface area contributed by atoms with Crippen LogP contribution in [-0.4, -0.2) is 17.3 Å². The Balaban J connectivity index is 2.10. The Hall–Kier alpha value is -0.250. The van der Waals surface area contributed by atoms with Gasteiger partial charge in [0.2, 0.25) is 0 Å². The third-order valence-electron chi connectivity index (χ3n) is 3.37. The first-order valence-corrected chi connectivity index (χ1v) is 7.82. The van der Waals surface area contributed by atoms with Gasteiger partial charge in [-0.1, -0.05) is 51.6 Å². The molecule has 0 radical (unpaired) electrons. The standard InChI is InChI=1S/C13H14BrCl2NO/c14-7-8-3-1-6-11(8)17-13(18)9-4-2-5-10(15)12(9)16/h2,4-5,8,11H,1,3,6-7H2,(H,17,18). The molecule has 0 aliphatic heterocycles. The normalized spacial score (nSPS) is 23.1.